The zero-order chi connectivity index (χ0) is 16.6. The van der Waals surface area contributed by atoms with Crippen molar-refractivity contribution in [3.05, 3.63) is 18.2 Å². The summed E-state index contributed by atoms with van der Waals surface area (Å²) in [5.74, 6) is 1.27. The van der Waals surface area contributed by atoms with Crippen molar-refractivity contribution < 1.29 is 0 Å². The van der Waals surface area contributed by atoms with Gasteiger partial charge in [0.15, 0.2) is 0 Å². The molecule has 2 heteroatoms. The number of hydrogen-bond donors (Lipinski definition) is 0. The molecule has 0 spiro atoms. The van der Waals surface area contributed by atoms with Crippen molar-refractivity contribution in [1.29, 1.82) is 0 Å². The Hall–Kier alpha value is -0.790. The number of aromatic nitrogens is 2. The van der Waals surface area contributed by atoms with Crippen LogP contribution < -0.4 is 0 Å². The molecule has 0 aliphatic heterocycles. The van der Waals surface area contributed by atoms with Gasteiger partial charge in [-0.15, -0.1) is 0 Å². The summed E-state index contributed by atoms with van der Waals surface area (Å²) in [6.07, 6.45) is 25.1. The monoisotopic (exact) mass is 320 g/mol. The average molecular weight is 321 g/mol. The highest BCUT2D eigenvalue weighted by molar-refractivity contribution is 4.91. The van der Waals surface area contributed by atoms with Gasteiger partial charge in [0.05, 0.1) is 0 Å². The zero-order valence-electron chi connectivity index (χ0n) is 15.9. The molecule has 0 atom stereocenters. The van der Waals surface area contributed by atoms with Crippen LogP contribution in [0, 0.1) is 0 Å². The maximum absolute atomic E-state index is 4.45. The van der Waals surface area contributed by atoms with Crippen LogP contribution in [0.3, 0.4) is 0 Å². The lowest BCUT2D eigenvalue weighted by molar-refractivity contribution is 0.533. The number of nitrogens with zero attached hydrogens (tertiary/aromatic N) is 2. The predicted octanol–water partition coefficient (Wildman–Crippen LogP) is 6.93. The Bertz CT molecular complexity index is 356. The van der Waals surface area contributed by atoms with Gasteiger partial charge in [-0.25, -0.2) is 4.98 Å². The quantitative estimate of drug-likeness (QED) is 0.302. The molecule has 134 valence electrons. The minimum absolute atomic E-state index is 1.05. The van der Waals surface area contributed by atoms with E-state index in [1.54, 1.807) is 0 Å². The minimum atomic E-state index is 1.05. The van der Waals surface area contributed by atoms with E-state index in [1.807, 2.05) is 6.20 Å². The van der Waals surface area contributed by atoms with Gasteiger partial charge in [0, 0.05) is 25.4 Å². The molecule has 0 fully saturated rings. The van der Waals surface area contributed by atoms with Crippen LogP contribution in [0.5, 0.6) is 0 Å². The Balaban J connectivity index is 1.78. The van der Waals surface area contributed by atoms with Crippen molar-refractivity contribution in [1.82, 2.24) is 9.55 Å². The lowest BCUT2D eigenvalue weighted by Crippen LogP contribution is -2.00. The van der Waals surface area contributed by atoms with Gasteiger partial charge < -0.3 is 4.57 Å². The summed E-state index contributed by atoms with van der Waals surface area (Å²) in [5.41, 5.74) is 0. The molecule has 0 saturated heterocycles. The molecule has 1 aromatic heterocycles. The van der Waals surface area contributed by atoms with Crippen molar-refractivity contribution in [2.24, 2.45) is 0 Å². The molecule has 0 aromatic carbocycles. The fourth-order valence-electron chi connectivity index (χ4n) is 3.33. The number of hydrogen-bond acceptors (Lipinski definition) is 1. The van der Waals surface area contributed by atoms with Gasteiger partial charge >= 0.3 is 0 Å². The number of unbranched alkanes of at least 4 members (excludes halogenated alkanes) is 13. The molecule has 1 aromatic rings. The van der Waals surface area contributed by atoms with Crippen molar-refractivity contribution in [3.8, 4) is 0 Å². The van der Waals surface area contributed by atoms with Gasteiger partial charge in [-0.3, -0.25) is 0 Å². The normalized spacial score (nSPS) is 11.2. The smallest absolute Gasteiger partial charge is 0.108 e. The van der Waals surface area contributed by atoms with E-state index in [4.69, 9.17) is 0 Å². The van der Waals surface area contributed by atoms with E-state index in [9.17, 15) is 0 Å². The van der Waals surface area contributed by atoms with Crippen LogP contribution >= 0.6 is 0 Å². The number of aryl methyl sites for hydroxylation is 2. The van der Waals surface area contributed by atoms with Crippen LogP contribution in [0.4, 0.5) is 0 Å². The van der Waals surface area contributed by atoms with Crippen LogP contribution in [0.25, 0.3) is 0 Å². The first kappa shape index (κ1) is 20.3. The highest BCUT2D eigenvalue weighted by atomic mass is 15.0. The molecule has 1 rings (SSSR count). The third-order valence-electron chi connectivity index (χ3n) is 4.90. The van der Waals surface area contributed by atoms with Crippen LogP contribution in [-0.4, -0.2) is 9.55 Å². The molecule has 0 N–H and O–H groups in total. The summed E-state index contributed by atoms with van der Waals surface area (Å²) >= 11 is 0. The molecular weight excluding hydrogens is 280 g/mol. The summed E-state index contributed by atoms with van der Waals surface area (Å²) in [4.78, 5) is 4.45. The fraction of sp³-hybridized carbons (Fsp3) is 0.857. The maximum Gasteiger partial charge on any atom is 0.108 e. The van der Waals surface area contributed by atoms with Crippen molar-refractivity contribution in [2.75, 3.05) is 0 Å². The van der Waals surface area contributed by atoms with E-state index in [0.717, 1.165) is 13.0 Å². The van der Waals surface area contributed by atoms with Crippen LogP contribution in [0.1, 0.15) is 110 Å². The minimum Gasteiger partial charge on any atom is -0.335 e. The fourth-order valence-corrected chi connectivity index (χ4v) is 3.33. The Labute approximate surface area is 145 Å². The highest BCUT2D eigenvalue weighted by Crippen LogP contribution is 2.13. The SMILES string of the molecule is CCCCCCCCCCCCCCCCc1nccn1CC. The first-order valence-electron chi connectivity index (χ1n) is 10.4. The van der Waals surface area contributed by atoms with E-state index < -0.39 is 0 Å². The molecule has 1 heterocycles. The third-order valence-corrected chi connectivity index (χ3v) is 4.90. The summed E-state index contributed by atoms with van der Waals surface area (Å²) < 4.78 is 2.27. The molecule has 23 heavy (non-hydrogen) atoms. The van der Waals surface area contributed by atoms with E-state index in [2.05, 4.69) is 29.6 Å². The molecule has 0 bridgehead atoms. The second-order valence-electron chi connectivity index (χ2n) is 6.98. The van der Waals surface area contributed by atoms with Gasteiger partial charge in [-0.2, -0.15) is 0 Å². The van der Waals surface area contributed by atoms with Crippen molar-refractivity contribution in [3.63, 3.8) is 0 Å². The summed E-state index contributed by atoms with van der Waals surface area (Å²) in [5, 5.41) is 0. The topological polar surface area (TPSA) is 17.8 Å². The zero-order valence-corrected chi connectivity index (χ0v) is 15.9. The van der Waals surface area contributed by atoms with E-state index in [1.165, 1.54) is 95.7 Å². The predicted molar refractivity (Wildman–Crippen MR) is 102 cm³/mol. The molecule has 0 saturated carbocycles. The lowest BCUT2D eigenvalue weighted by atomic mass is 10.0. The maximum atomic E-state index is 4.45. The van der Waals surface area contributed by atoms with Crippen molar-refractivity contribution in [2.45, 2.75) is 117 Å². The number of imidazole rings is 1. The van der Waals surface area contributed by atoms with E-state index >= 15 is 0 Å². The standard InChI is InChI=1S/C21H40N2/c1-3-5-6-7-8-9-10-11-12-13-14-15-16-17-18-21-22-19-20-23(21)4-2/h19-20H,3-18H2,1-2H3. The third kappa shape index (κ3) is 10.6. The van der Waals surface area contributed by atoms with Gasteiger partial charge in [-0.05, 0) is 13.3 Å². The number of rotatable bonds is 16. The first-order chi connectivity index (χ1) is 11.4. The molecule has 0 radical (unpaired) electrons. The molecule has 2 nitrogen and oxygen atoms in total. The molecule has 0 amide bonds. The molecule has 0 aliphatic carbocycles. The average Bonchev–Trinajstić information content (AvgIpc) is 3.02. The van der Waals surface area contributed by atoms with Crippen LogP contribution in [0.2, 0.25) is 0 Å². The highest BCUT2D eigenvalue weighted by Gasteiger charge is 2.00. The summed E-state index contributed by atoms with van der Waals surface area (Å²) in [6.45, 7) is 5.53. The second kappa shape index (κ2) is 14.8. The molecular formula is C21H40N2. The van der Waals surface area contributed by atoms with Gasteiger partial charge in [0.25, 0.3) is 0 Å². The van der Waals surface area contributed by atoms with Crippen molar-refractivity contribution >= 4 is 0 Å². The Morgan fingerprint density at radius 3 is 1.65 bits per heavy atom. The first-order valence-corrected chi connectivity index (χ1v) is 10.4. The molecule has 0 aliphatic rings. The lowest BCUT2D eigenvalue weighted by Gasteiger charge is -2.05. The van der Waals surface area contributed by atoms with E-state index in [-0.39, 0.29) is 0 Å². The Kier molecular flexibility index (Phi) is 13.0. The summed E-state index contributed by atoms with van der Waals surface area (Å²) in [7, 11) is 0. The molecule has 0 unspecified atom stereocenters. The van der Waals surface area contributed by atoms with Crippen LogP contribution in [0.15, 0.2) is 12.4 Å². The largest absolute Gasteiger partial charge is 0.335 e. The summed E-state index contributed by atoms with van der Waals surface area (Å²) in [6, 6.07) is 0. The Morgan fingerprint density at radius 1 is 0.696 bits per heavy atom. The second-order valence-corrected chi connectivity index (χ2v) is 6.98. The van der Waals surface area contributed by atoms with Gasteiger partial charge in [-0.1, -0.05) is 90.4 Å². The van der Waals surface area contributed by atoms with Gasteiger partial charge in [0.1, 0.15) is 5.82 Å². The van der Waals surface area contributed by atoms with E-state index in [0.29, 0.717) is 0 Å². The Morgan fingerprint density at radius 2 is 1.17 bits per heavy atom. The van der Waals surface area contributed by atoms with Crippen LogP contribution in [-0.2, 0) is 13.0 Å². The van der Waals surface area contributed by atoms with Gasteiger partial charge in [0.2, 0.25) is 0 Å².